The third kappa shape index (κ3) is 4.09. The molecular formula is C21H21NO3S2Si. The van der Waals surface area contributed by atoms with Gasteiger partial charge in [-0.3, -0.25) is 4.79 Å². The maximum atomic E-state index is 12.7. The van der Waals surface area contributed by atoms with Gasteiger partial charge in [-0.15, -0.1) is 23.9 Å². The number of carbonyl (C=O) groups excluding carboxylic acids is 1. The highest BCUT2D eigenvalue weighted by molar-refractivity contribution is 7.99. The normalized spacial score (nSPS) is 14.9. The first-order chi connectivity index (χ1) is 13.2. The van der Waals surface area contributed by atoms with Crippen molar-refractivity contribution >= 4 is 35.8 Å². The molecule has 0 saturated heterocycles. The lowest BCUT2D eigenvalue weighted by Gasteiger charge is -2.23. The fourth-order valence-corrected chi connectivity index (χ4v) is 6.47. The Balaban J connectivity index is 1.69. The second kappa shape index (κ2) is 8.00. The topological polar surface area (TPSA) is 54.5 Å². The van der Waals surface area contributed by atoms with Crippen LogP contribution in [0.5, 0.6) is 0 Å². The van der Waals surface area contributed by atoms with Gasteiger partial charge in [-0.25, -0.2) is 12.7 Å². The second-order valence-electron chi connectivity index (χ2n) is 6.95. The Hall–Kier alpha value is -2.27. The fourth-order valence-electron chi connectivity index (χ4n) is 2.74. The van der Waals surface area contributed by atoms with Gasteiger partial charge < -0.3 is 0 Å². The summed E-state index contributed by atoms with van der Waals surface area (Å²) in [6, 6.07) is 16.3. The van der Waals surface area contributed by atoms with E-state index in [2.05, 4.69) is 18.0 Å². The monoisotopic (exact) mass is 427 g/mol. The largest absolute Gasteiger partial charge is 0.269 e. The van der Waals surface area contributed by atoms with Crippen LogP contribution in [-0.2, 0) is 10.0 Å². The van der Waals surface area contributed by atoms with Crippen molar-refractivity contribution in [3.05, 3.63) is 71.9 Å². The summed E-state index contributed by atoms with van der Waals surface area (Å²) in [7, 11) is -6.05. The molecule has 0 radical (unpaired) electrons. The van der Waals surface area contributed by atoms with E-state index in [0.29, 0.717) is 5.75 Å². The molecule has 3 rings (SSSR count). The minimum atomic E-state index is -3.82. The van der Waals surface area contributed by atoms with Gasteiger partial charge in [0.25, 0.3) is 15.9 Å². The van der Waals surface area contributed by atoms with Crippen LogP contribution in [0.15, 0.2) is 76.2 Å². The molecule has 1 aliphatic heterocycles. The zero-order valence-electron chi connectivity index (χ0n) is 15.8. The second-order valence-corrected chi connectivity index (χ2v) is 14.0. The van der Waals surface area contributed by atoms with E-state index in [4.69, 9.17) is 0 Å². The molecule has 28 heavy (non-hydrogen) atoms. The molecule has 0 bridgehead atoms. The van der Waals surface area contributed by atoms with Crippen molar-refractivity contribution in [2.24, 2.45) is 0 Å². The molecule has 144 valence electrons. The van der Waals surface area contributed by atoms with Gasteiger partial charge in [-0.1, -0.05) is 54.5 Å². The number of nitrogens with zero attached hydrogens (tertiary/aromatic N) is 1. The molecule has 0 aliphatic carbocycles. The highest BCUT2D eigenvalue weighted by atomic mass is 32.2. The van der Waals surface area contributed by atoms with Crippen molar-refractivity contribution in [2.75, 3.05) is 12.3 Å². The van der Waals surface area contributed by atoms with Crippen LogP contribution >= 0.6 is 11.8 Å². The molecule has 0 N–H and O–H groups in total. The standard InChI is InChI=1S/C21H21NO3S2Si/c1-17(28(2,3)15-9-14-26-18-10-5-4-6-11-18)16-22-21(23)19-12-7-8-13-20(19)27(22,24)25/h4-8,10-13H,1,14,16H2,2-3H3. The molecule has 2 aromatic carbocycles. The van der Waals surface area contributed by atoms with Crippen LogP contribution in [0.1, 0.15) is 10.4 Å². The van der Waals surface area contributed by atoms with Crippen molar-refractivity contribution in [3.63, 3.8) is 0 Å². The van der Waals surface area contributed by atoms with Crippen LogP contribution in [0.2, 0.25) is 13.1 Å². The van der Waals surface area contributed by atoms with Crippen molar-refractivity contribution in [3.8, 4) is 11.5 Å². The summed E-state index contributed by atoms with van der Waals surface area (Å²) >= 11 is 1.66. The lowest BCUT2D eigenvalue weighted by molar-refractivity contribution is 0.0879. The fraction of sp³-hybridized carbons (Fsp3) is 0.190. The van der Waals surface area contributed by atoms with Gasteiger partial charge in [0.1, 0.15) is 4.90 Å². The summed E-state index contributed by atoms with van der Waals surface area (Å²) in [6.45, 7) is 8.11. The molecule has 0 saturated carbocycles. The number of carbonyl (C=O) groups is 1. The average Bonchev–Trinajstić information content (AvgIpc) is 2.87. The molecule has 0 fully saturated rings. The van der Waals surface area contributed by atoms with Crippen LogP contribution in [0.25, 0.3) is 0 Å². The van der Waals surface area contributed by atoms with Crippen LogP contribution in [0, 0.1) is 11.5 Å². The van der Waals surface area contributed by atoms with Gasteiger partial charge in [-0.05, 0) is 24.3 Å². The van der Waals surface area contributed by atoms with Crippen molar-refractivity contribution in [1.82, 2.24) is 4.31 Å². The number of amides is 1. The van der Waals surface area contributed by atoms with Gasteiger partial charge in [0.05, 0.1) is 17.9 Å². The van der Waals surface area contributed by atoms with Crippen molar-refractivity contribution in [1.29, 1.82) is 0 Å². The number of hydrogen-bond acceptors (Lipinski definition) is 4. The van der Waals surface area contributed by atoms with E-state index >= 15 is 0 Å². The minimum absolute atomic E-state index is 0.0183. The molecule has 1 heterocycles. The Bertz CT molecular complexity index is 1080. The number of fused-ring (bicyclic) bond motifs is 1. The maximum absolute atomic E-state index is 12.7. The SMILES string of the molecule is C=C(CN1C(=O)c2ccccc2S1(=O)=O)[Si](C)(C)C#CCSc1ccccc1. The van der Waals surface area contributed by atoms with Crippen molar-refractivity contribution in [2.45, 2.75) is 22.9 Å². The van der Waals surface area contributed by atoms with Gasteiger partial charge in [0.2, 0.25) is 0 Å². The van der Waals surface area contributed by atoms with Crippen LogP contribution in [0.3, 0.4) is 0 Å². The van der Waals surface area contributed by atoms with Crippen LogP contribution in [0.4, 0.5) is 0 Å². The number of rotatable bonds is 5. The predicted molar refractivity (Wildman–Crippen MR) is 116 cm³/mol. The molecule has 1 aliphatic rings. The van der Waals surface area contributed by atoms with Crippen molar-refractivity contribution < 1.29 is 13.2 Å². The first kappa shape index (κ1) is 20.5. The van der Waals surface area contributed by atoms with E-state index in [9.17, 15) is 13.2 Å². The number of benzene rings is 2. The van der Waals surface area contributed by atoms with Crippen LogP contribution in [-0.4, -0.2) is 39.0 Å². The molecule has 1 amide bonds. The summed E-state index contributed by atoms with van der Waals surface area (Å²) in [5.41, 5.74) is 3.52. The summed E-state index contributed by atoms with van der Waals surface area (Å²) in [6.07, 6.45) is 0. The smallest absolute Gasteiger partial charge is 0.268 e. The quantitative estimate of drug-likeness (QED) is 0.412. The minimum Gasteiger partial charge on any atom is -0.268 e. The highest BCUT2D eigenvalue weighted by Crippen LogP contribution is 2.31. The average molecular weight is 428 g/mol. The molecular weight excluding hydrogens is 406 g/mol. The Labute approximate surface area is 171 Å². The van der Waals surface area contributed by atoms with Gasteiger partial charge in [0.15, 0.2) is 8.07 Å². The van der Waals surface area contributed by atoms with E-state index < -0.39 is 24.0 Å². The Morgan fingerprint density at radius 3 is 2.43 bits per heavy atom. The molecule has 7 heteroatoms. The summed E-state index contributed by atoms with van der Waals surface area (Å²) in [5.74, 6) is 3.35. The van der Waals surface area contributed by atoms with Gasteiger partial charge >= 0.3 is 0 Å². The van der Waals surface area contributed by atoms with Gasteiger partial charge in [0, 0.05) is 4.90 Å². The summed E-state index contributed by atoms with van der Waals surface area (Å²) in [5, 5.41) is 0.717. The first-order valence-electron chi connectivity index (χ1n) is 8.76. The van der Waals surface area contributed by atoms with E-state index in [1.165, 1.54) is 6.07 Å². The summed E-state index contributed by atoms with van der Waals surface area (Å²) < 4.78 is 26.4. The molecule has 2 aromatic rings. The molecule has 0 spiro atoms. The van der Waals surface area contributed by atoms with E-state index in [0.717, 1.165) is 14.4 Å². The lowest BCUT2D eigenvalue weighted by atomic mass is 10.2. The van der Waals surface area contributed by atoms with Crippen LogP contribution < -0.4 is 0 Å². The van der Waals surface area contributed by atoms with Gasteiger partial charge in [-0.2, -0.15) is 0 Å². The van der Waals surface area contributed by atoms with E-state index in [-0.39, 0.29) is 17.0 Å². The van der Waals surface area contributed by atoms with E-state index in [1.807, 2.05) is 43.4 Å². The number of thioether (sulfide) groups is 1. The summed E-state index contributed by atoms with van der Waals surface area (Å²) in [4.78, 5) is 13.8. The molecule has 0 atom stereocenters. The zero-order valence-corrected chi connectivity index (χ0v) is 18.4. The predicted octanol–water partition coefficient (Wildman–Crippen LogP) is 3.97. The zero-order chi connectivity index (χ0) is 20.4. The number of sulfonamides is 1. The first-order valence-corrected chi connectivity index (χ1v) is 14.2. The number of hydrogen-bond donors (Lipinski definition) is 0. The lowest BCUT2D eigenvalue weighted by Crippen LogP contribution is -2.39. The molecule has 0 aromatic heterocycles. The maximum Gasteiger partial charge on any atom is 0.269 e. The molecule has 0 unspecified atom stereocenters. The third-order valence-electron chi connectivity index (χ3n) is 4.59. The highest BCUT2D eigenvalue weighted by Gasteiger charge is 2.42. The molecule has 4 nitrogen and oxygen atoms in total. The Kier molecular flexibility index (Phi) is 5.84. The van der Waals surface area contributed by atoms with E-state index in [1.54, 1.807) is 30.0 Å². The Morgan fingerprint density at radius 2 is 1.75 bits per heavy atom. The third-order valence-corrected chi connectivity index (χ3v) is 9.99. The Morgan fingerprint density at radius 1 is 1.11 bits per heavy atom.